The third kappa shape index (κ3) is 6.32. The molecule has 19 heavy (non-hydrogen) atoms. The van der Waals surface area contributed by atoms with E-state index in [2.05, 4.69) is 0 Å². The Morgan fingerprint density at radius 1 is 1.37 bits per heavy atom. The van der Waals surface area contributed by atoms with Gasteiger partial charge in [0.05, 0.1) is 19.0 Å². The molecule has 0 unspecified atom stereocenters. The number of carbonyl (C=O) groups is 1. The lowest BCUT2D eigenvalue weighted by Gasteiger charge is -2.10. The first-order valence-electron chi connectivity index (χ1n) is 5.75. The number of aliphatic carboxylic acids is 1. The summed E-state index contributed by atoms with van der Waals surface area (Å²) in [5, 5.41) is 8.61. The zero-order chi connectivity index (χ0) is 14.3. The Bertz CT molecular complexity index is 500. The number of sulfonamides is 1. The molecule has 0 bridgehead atoms. The van der Waals surface area contributed by atoms with Crippen molar-refractivity contribution in [1.82, 2.24) is 4.72 Å². The van der Waals surface area contributed by atoms with Gasteiger partial charge in [-0.25, -0.2) is 13.1 Å². The SMILES string of the molecule is C[C@H](NS(=O)(=O)CCOCc1ccccc1)C(=O)O. The molecule has 1 atom stereocenters. The molecule has 0 fully saturated rings. The minimum Gasteiger partial charge on any atom is -0.480 e. The van der Waals surface area contributed by atoms with Crippen molar-refractivity contribution < 1.29 is 23.1 Å². The first-order valence-corrected chi connectivity index (χ1v) is 7.40. The molecule has 0 aliphatic heterocycles. The van der Waals surface area contributed by atoms with Crippen molar-refractivity contribution in [3.05, 3.63) is 35.9 Å². The molecule has 1 rings (SSSR count). The Hall–Kier alpha value is -1.44. The van der Waals surface area contributed by atoms with Gasteiger partial charge in [0, 0.05) is 0 Å². The Labute approximate surface area is 112 Å². The number of hydrogen-bond donors (Lipinski definition) is 2. The highest BCUT2D eigenvalue weighted by Crippen LogP contribution is 2.00. The van der Waals surface area contributed by atoms with Crippen molar-refractivity contribution in [1.29, 1.82) is 0 Å². The van der Waals surface area contributed by atoms with Crippen molar-refractivity contribution in [3.63, 3.8) is 0 Å². The molecule has 0 aliphatic rings. The maximum atomic E-state index is 11.5. The smallest absolute Gasteiger partial charge is 0.321 e. The van der Waals surface area contributed by atoms with Crippen molar-refractivity contribution in [2.45, 2.75) is 19.6 Å². The lowest BCUT2D eigenvalue weighted by molar-refractivity contribution is -0.138. The second kappa shape index (κ2) is 7.22. The standard InChI is InChI=1S/C12H17NO5S/c1-10(12(14)15)13-19(16,17)8-7-18-9-11-5-3-2-4-6-11/h2-6,10,13H,7-9H2,1H3,(H,14,15)/t10-/m0/s1. The average Bonchev–Trinajstić information content (AvgIpc) is 2.35. The fourth-order valence-corrected chi connectivity index (χ4v) is 2.41. The molecule has 0 aromatic heterocycles. The van der Waals surface area contributed by atoms with E-state index < -0.39 is 22.0 Å². The van der Waals surface area contributed by atoms with Crippen LogP contribution in [-0.2, 0) is 26.2 Å². The van der Waals surface area contributed by atoms with Gasteiger partial charge in [-0.05, 0) is 12.5 Å². The third-order valence-corrected chi connectivity index (χ3v) is 3.75. The minimum atomic E-state index is -3.64. The van der Waals surface area contributed by atoms with E-state index in [4.69, 9.17) is 9.84 Å². The summed E-state index contributed by atoms with van der Waals surface area (Å²) in [5.41, 5.74) is 0.951. The van der Waals surface area contributed by atoms with Gasteiger partial charge in [0.15, 0.2) is 0 Å². The van der Waals surface area contributed by atoms with Crippen LogP contribution in [0, 0.1) is 0 Å². The van der Waals surface area contributed by atoms with E-state index in [1.807, 2.05) is 35.1 Å². The molecule has 0 saturated heterocycles. The van der Waals surface area contributed by atoms with E-state index in [-0.39, 0.29) is 12.4 Å². The Balaban J connectivity index is 2.30. The lowest BCUT2D eigenvalue weighted by Crippen LogP contribution is -2.40. The molecule has 2 N–H and O–H groups in total. The third-order valence-electron chi connectivity index (χ3n) is 2.33. The highest BCUT2D eigenvalue weighted by molar-refractivity contribution is 7.89. The van der Waals surface area contributed by atoms with E-state index >= 15 is 0 Å². The van der Waals surface area contributed by atoms with Gasteiger partial charge in [-0.2, -0.15) is 0 Å². The van der Waals surface area contributed by atoms with Crippen LogP contribution >= 0.6 is 0 Å². The monoisotopic (exact) mass is 287 g/mol. The molecule has 106 valence electrons. The first kappa shape index (κ1) is 15.6. The van der Waals surface area contributed by atoms with Crippen LogP contribution in [-0.4, -0.2) is 37.9 Å². The highest BCUT2D eigenvalue weighted by Gasteiger charge is 2.18. The zero-order valence-corrected chi connectivity index (χ0v) is 11.4. The molecule has 0 aliphatic carbocycles. The predicted molar refractivity (Wildman–Crippen MR) is 70.1 cm³/mol. The molecule has 6 nitrogen and oxygen atoms in total. The molecule has 1 aromatic carbocycles. The summed E-state index contributed by atoms with van der Waals surface area (Å²) in [6, 6.07) is 8.22. The summed E-state index contributed by atoms with van der Waals surface area (Å²) >= 11 is 0. The van der Waals surface area contributed by atoms with E-state index in [1.165, 1.54) is 6.92 Å². The number of benzene rings is 1. The van der Waals surface area contributed by atoms with Gasteiger partial charge < -0.3 is 9.84 Å². The van der Waals surface area contributed by atoms with Gasteiger partial charge >= 0.3 is 5.97 Å². The van der Waals surface area contributed by atoms with Gasteiger partial charge in [0.1, 0.15) is 6.04 Å². The largest absolute Gasteiger partial charge is 0.480 e. The number of carboxylic acid groups (broad SMARTS) is 1. The van der Waals surface area contributed by atoms with Crippen molar-refractivity contribution in [3.8, 4) is 0 Å². The molecule has 0 spiro atoms. The first-order chi connectivity index (χ1) is 8.91. The minimum absolute atomic E-state index is 0.0105. The summed E-state index contributed by atoms with van der Waals surface area (Å²) in [7, 11) is -3.64. The van der Waals surface area contributed by atoms with E-state index in [9.17, 15) is 13.2 Å². The second-order valence-electron chi connectivity index (χ2n) is 4.03. The lowest BCUT2D eigenvalue weighted by atomic mass is 10.2. The molecule has 0 saturated carbocycles. The second-order valence-corrected chi connectivity index (χ2v) is 5.91. The van der Waals surface area contributed by atoms with E-state index in [0.717, 1.165) is 5.56 Å². The van der Waals surface area contributed by atoms with Crippen LogP contribution in [0.25, 0.3) is 0 Å². The van der Waals surface area contributed by atoms with Gasteiger partial charge in [0.2, 0.25) is 10.0 Å². The van der Waals surface area contributed by atoms with Crippen LogP contribution in [0.15, 0.2) is 30.3 Å². The maximum Gasteiger partial charge on any atom is 0.321 e. The van der Waals surface area contributed by atoms with Crippen LogP contribution in [0.3, 0.4) is 0 Å². The molecule has 7 heteroatoms. The van der Waals surface area contributed by atoms with Gasteiger partial charge in [-0.15, -0.1) is 0 Å². The average molecular weight is 287 g/mol. The van der Waals surface area contributed by atoms with Crippen LogP contribution in [0.5, 0.6) is 0 Å². The summed E-state index contributed by atoms with van der Waals surface area (Å²) < 4.78 is 30.3. The number of hydrogen-bond acceptors (Lipinski definition) is 4. The van der Waals surface area contributed by atoms with Crippen molar-refractivity contribution >= 4 is 16.0 Å². The summed E-state index contributed by atoms with van der Waals surface area (Å²) in [6.45, 7) is 1.60. The normalized spacial score (nSPS) is 13.1. The molecule has 0 heterocycles. The van der Waals surface area contributed by atoms with Gasteiger partial charge in [0.25, 0.3) is 0 Å². The highest BCUT2D eigenvalue weighted by atomic mass is 32.2. The van der Waals surface area contributed by atoms with Gasteiger partial charge in [-0.3, -0.25) is 4.79 Å². The topological polar surface area (TPSA) is 92.7 Å². The van der Waals surface area contributed by atoms with Crippen LogP contribution in [0.1, 0.15) is 12.5 Å². The fraction of sp³-hybridized carbons (Fsp3) is 0.417. The van der Waals surface area contributed by atoms with Crippen molar-refractivity contribution in [2.24, 2.45) is 0 Å². The summed E-state index contributed by atoms with van der Waals surface area (Å²) in [6.07, 6.45) is 0. The number of nitrogens with one attached hydrogen (secondary N) is 1. The molecule has 0 amide bonds. The summed E-state index contributed by atoms with van der Waals surface area (Å²) in [4.78, 5) is 10.5. The zero-order valence-electron chi connectivity index (χ0n) is 10.6. The Morgan fingerprint density at radius 2 is 2.00 bits per heavy atom. The fourth-order valence-electron chi connectivity index (χ4n) is 1.31. The Kier molecular flexibility index (Phi) is 5.94. The van der Waals surface area contributed by atoms with Crippen LogP contribution in [0.4, 0.5) is 0 Å². The quantitative estimate of drug-likeness (QED) is 0.683. The van der Waals surface area contributed by atoms with Crippen LogP contribution < -0.4 is 4.72 Å². The van der Waals surface area contributed by atoms with Crippen LogP contribution in [0.2, 0.25) is 0 Å². The molecule has 0 radical (unpaired) electrons. The number of carboxylic acids is 1. The molecule has 1 aromatic rings. The van der Waals surface area contributed by atoms with Crippen molar-refractivity contribution in [2.75, 3.05) is 12.4 Å². The Morgan fingerprint density at radius 3 is 2.58 bits per heavy atom. The molecular weight excluding hydrogens is 270 g/mol. The molecular formula is C12H17NO5S. The number of ether oxygens (including phenoxy) is 1. The maximum absolute atomic E-state index is 11.5. The predicted octanol–water partition coefficient (Wildman–Crippen LogP) is 0.596. The van der Waals surface area contributed by atoms with E-state index in [0.29, 0.717) is 6.61 Å². The van der Waals surface area contributed by atoms with Gasteiger partial charge in [-0.1, -0.05) is 30.3 Å². The summed E-state index contributed by atoms with van der Waals surface area (Å²) in [5.74, 6) is -1.48. The number of rotatable bonds is 8. The van der Waals surface area contributed by atoms with E-state index in [1.54, 1.807) is 0 Å².